The van der Waals surface area contributed by atoms with Gasteiger partial charge in [0.15, 0.2) is 5.96 Å². The number of furan rings is 1. The van der Waals surface area contributed by atoms with Crippen molar-refractivity contribution in [2.45, 2.75) is 19.3 Å². The maximum Gasteiger partial charge on any atom is 0.191 e. The lowest BCUT2D eigenvalue weighted by Gasteiger charge is -2.16. The first-order valence-electron chi connectivity index (χ1n) is 7.31. The van der Waals surface area contributed by atoms with Gasteiger partial charge in [0.1, 0.15) is 5.76 Å². The number of nitrogens with zero attached hydrogens (tertiary/aromatic N) is 1. The summed E-state index contributed by atoms with van der Waals surface area (Å²) in [5, 5.41) is 6.65. The number of hydrogen-bond acceptors (Lipinski definition) is 2. The van der Waals surface area contributed by atoms with Crippen LogP contribution >= 0.6 is 0 Å². The van der Waals surface area contributed by atoms with Crippen LogP contribution < -0.4 is 10.6 Å². The molecule has 0 aliphatic carbocycles. The summed E-state index contributed by atoms with van der Waals surface area (Å²) in [7, 11) is 1.79. The van der Waals surface area contributed by atoms with Gasteiger partial charge in [0.25, 0.3) is 0 Å². The van der Waals surface area contributed by atoms with Crippen LogP contribution in [0.1, 0.15) is 24.2 Å². The molecular weight excluding hydrogens is 262 g/mol. The van der Waals surface area contributed by atoms with Gasteiger partial charge < -0.3 is 15.1 Å². The summed E-state index contributed by atoms with van der Waals surface area (Å²) in [5.41, 5.74) is 1.33. The monoisotopic (exact) mass is 285 g/mol. The van der Waals surface area contributed by atoms with Crippen LogP contribution in [0.5, 0.6) is 0 Å². The summed E-state index contributed by atoms with van der Waals surface area (Å²) in [6.07, 6.45) is 2.55. The molecule has 0 radical (unpaired) electrons. The van der Waals surface area contributed by atoms with E-state index in [2.05, 4.69) is 46.8 Å². The van der Waals surface area contributed by atoms with Crippen LogP contribution in [0.2, 0.25) is 0 Å². The van der Waals surface area contributed by atoms with Crippen LogP contribution in [0.4, 0.5) is 0 Å². The van der Waals surface area contributed by atoms with Gasteiger partial charge in [-0.05, 0) is 23.6 Å². The van der Waals surface area contributed by atoms with Gasteiger partial charge in [-0.25, -0.2) is 0 Å². The first-order chi connectivity index (χ1) is 10.3. The predicted molar refractivity (Wildman–Crippen MR) is 86.6 cm³/mol. The summed E-state index contributed by atoms with van der Waals surface area (Å²) >= 11 is 0. The number of hydrogen-bond donors (Lipinski definition) is 2. The molecule has 1 aromatic heterocycles. The second-order valence-electron chi connectivity index (χ2n) is 5.02. The molecule has 0 bridgehead atoms. The SMILES string of the molecule is CN=C(NCCc1ccco1)NCC(C)c1ccccc1. The topological polar surface area (TPSA) is 49.6 Å². The molecule has 112 valence electrons. The molecule has 2 aromatic rings. The van der Waals surface area contributed by atoms with E-state index in [1.165, 1.54) is 5.56 Å². The molecule has 21 heavy (non-hydrogen) atoms. The molecule has 2 rings (SSSR count). The molecule has 0 fully saturated rings. The molecule has 0 aliphatic heterocycles. The van der Waals surface area contributed by atoms with Crippen LogP contribution in [0.15, 0.2) is 58.1 Å². The van der Waals surface area contributed by atoms with Crippen molar-refractivity contribution in [2.24, 2.45) is 4.99 Å². The second-order valence-corrected chi connectivity index (χ2v) is 5.02. The minimum Gasteiger partial charge on any atom is -0.469 e. The lowest BCUT2D eigenvalue weighted by Crippen LogP contribution is -2.39. The van der Waals surface area contributed by atoms with Crippen LogP contribution in [0.25, 0.3) is 0 Å². The Balaban J connectivity index is 1.72. The lowest BCUT2D eigenvalue weighted by atomic mass is 10.0. The van der Waals surface area contributed by atoms with Gasteiger partial charge in [-0.2, -0.15) is 0 Å². The first kappa shape index (κ1) is 15.2. The highest BCUT2D eigenvalue weighted by Gasteiger charge is 2.06. The maximum atomic E-state index is 5.30. The van der Waals surface area contributed by atoms with E-state index in [0.717, 1.165) is 31.2 Å². The number of benzene rings is 1. The van der Waals surface area contributed by atoms with Crippen molar-refractivity contribution in [2.75, 3.05) is 20.1 Å². The minimum atomic E-state index is 0.440. The van der Waals surface area contributed by atoms with Crippen molar-refractivity contribution < 1.29 is 4.42 Å². The van der Waals surface area contributed by atoms with Crippen molar-refractivity contribution in [3.05, 3.63) is 60.1 Å². The van der Waals surface area contributed by atoms with Gasteiger partial charge in [0.05, 0.1) is 6.26 Å². The predicted octanol–water partition coefficient (Wildman–Crippen LogP) is 2.79. The highest BCUT2D eigenvalue weighted by atomic mass is 16.3. The fourth-order valence-corrected chi connectivity index (χ4v) is 2.13. The minimum absolute atomic E-state index is 0.440. The Bertz CT molecular complexity index is 534. The van der Waals surface area contributed by atoms with Crippen LogP contribution in [0, 0.1) is 0 Å². The van der Waals surface area contributed by atoms with Gasteiger partial charge in [0, 0.05) is 26.6 Å². The zero-order chi connectivity index (χ0) is 14.9. The summed E-state index contributed by atoms with van der Waals surface area (Å²) in [6, 6.07) is 14.4. The fourth-order valence-electron chi connectivity index (χ4n) is 2.13. The van der Waals surface area contributed by atoms with E-state index in [1.807, 2.05) is 18.2 Å². The molecule has 4 heteroatoms. The third-order valence-electron chi connectivity index (χ3n) is 3.41. The molecule has 0 saturated carbocycles. The molecule has 0 spiro atoms. The van der Waals surface area contributed by atoms with E-state index < -0.39 is 0 Å². The van der Waals surface area contributed by atoms with E-state index in [0.29, 0.717) is 5.92 Å². The normalized spacial score (nSPS) is 13.0. The van der Waals surface area contributed by atoms with Crippen molar-refractivity contribution in [1.82, 2.24) is 10.6 Å². The Labute approximate surface area is 126 Å². The Morgan fingerprint density at radius 3 is 2.62 bits per heavy atom. The first-order valence-corrected chi connectivity index (χ1v) is 7.31. The Morgan fingerprint density at radius 1 is 1.14 bits per heavy atom. The third-order valence-corrected chi connectivity index (χ3v) is 3.41. The number of rotatable bonds is 6. The fraction of sp³-hybridized carbons (Fsp3) is 0.353. The largest absolute Gasteiger partial charge is 0.469 e. The van der Waals surface area contributed by atoms with Gasteiger partial charge in [0.2, 0.25) is 0 Å². The zero-order valence-corrected chi connectivity index (χ0v) is 12.7. The molecule has 4 nitrogen and oxygen atoms in total. The number of nitrogens with one attached hydrogen (secondary N) is 2. The molecule has 0 saturated heterocycles. The van der Waals surface area contributed by atoms with Crippen LogP contribution in [0.3, 0.4) is 0 Å². The van der Waals surface area contributed by atoms with Crippen molar-refractivity contribution in [3.63, 3.8) is 0 Å². The van der Waals surface area contributed by atoms with Gasteiger partial charge in [-0.3, -0.25) is 4.99 Å². The van der Waals surface area contributed by atoms with Gasteiger partial charge in [-0.1, -0.05) is 37.3 Å². The maximum absolute atomic E-state index is 5.30. The second kappa shape index (κ2) is 8.15. The smallest absolute Gasteiger partial charge is 0.191 e. The summed E-state index contributed by atoms with van der Waals surface area (Å²) in [6.45, 7) is 3.86. The molecule has 0 aliphatic rings. The van der Waals surface area contributed by atoms with Crippen molar-refractivity contribution >= 4 is 5.96 Å². The average Bonchev–Trinajstić information content (AvgIpc) is 3.04. The summed E-state index contributed by atoms with van der Waals surface area (Å²) in [4.78, 5) is 4.24. The molecule has 1 heterocycles. The van der Waals surface area contributed by atoms with E-state index in [4.69, 9.17) is 4.42 Å². The molecule has 1 aromatic carbocycles. The van der Waals surface area contributed by atoms with Crippen molar-refractivity contribution in [3.8, 4) is 0 Å². The van der Waals surface area contributed by atoms with E-state index in [1.54, 1.807) is 13.3 Å². The molecule has 2 N–H and O–H groups in total. The quantitative estimate of drug-likeness (QED) is 0.634. The Kier molecular flexibility index (Phi) is 5.88. The highest BCUT2D eigenvalue weighted by Crippen LogP contribution is 2.12. The van der Waals surface area contributed by atoms with Crippen LogP contribution in [-0.2, 0) is 6.42 Å². The van der Waals surface area contributed by atoms with Gasteiger partial charge >= 0.3 is 0 Å². The molecular formula is C17H23N3O. The summed E-state index contributed by atoms with van der Waals surface area (Å²) < 4.78 is 5.30. The zero-order valence-electron chi connectivity index (χ0n) is 12.7. The molecule has 0 amide bonds. The van der Waals surface area contributed by atoms with E-state index in [-0.39, 0.29) is 0 Å². The number of aliphatic imine (C=N–C) groups is 1. The van der Waals surface area contributed by atoms with Gasteiger partial charge in [-0.15, -0.1) is 0 Å². The average molecular weight is 285 g/mol. The third kappa shape index (κ3) is 4.99. The van der Waals surface area contributed by atoms with Crippen LogP contribution in [-0.4, -0.2) is 26.1 Å². The van der Waals surface area contributed by atoms with E-state index in [9.17, 15) is 0 Å². The van der Waals surface area contributed by atoms with E-state index >= 15 is 0 Å². The molecule has 1 unspecified atom stereocenters. The lowest BCUT2D eigenvalue weighted by molar-refractivity contribution is 0.506. The number of guanidine groups is 1. The summed E-state index contributed by atoms with van der Waals surface area (Å²) in [5.74, 6) is 2.25. The standard InChI is InChI=1S/C17H23N3O/c1-14(15-7-4-3-5-8-15)13-20-17(18-2)19-11-10-16-9-6-12-21-16/h3-9,12,14H,10-11,13H2,1-2H3,(H2,18,19,20). The Hall–Kier alpha value is -2.23. The molecule has 1 atom stereocenters. The Morgan fingerprint density at radius 2 is 1.95 bits per heavy atom. The highest BCUT2D eigenvalue weighted by molar-refractivity contribution is 5.79. The van der Waals surface area contributed by atoms with Crippen molar-refractivity contribution in [1.29, 1.82) is 0 Å².